The van der Waals surface area contributed by atoms with Crippen molar-refractivity contribution < 1.29 is 42.1 Å². The minimum atomic E-state index is -3.95. The molecule has 3 amide bonds. The van der Waals surface area contributed by atoms with E-state index in [0.29, 0.717) is 34.1 Å². The van der Waals surface area contributed by atoms with Gasteiger partial charge in [0, 0.05) is 36.1 Å². The number of aryl methyl sites for hydroxylation is 1. The largest absolute Gasteiger partial charge is 0.497 e. The third kappa shape index (κ3) is 7.71. The van der Waals surface area contributed by atoms with Crippen molar-refractivity contribution in [2.24, 2.45) is 0 Å². The number of hydrogen-bond donors (Lipinski definition) is 2. The van der Waals surface area contributed by atoms with E-state index in [1.54, 1.807) is 49.4 Å². The Balaban J connectivity index is 1.14. The summed E-state index contributed by atoms with van der Waals surface area (Å²) >= 11 is 7.57. The number of hydrogen-bond acceptors (Lipinski definition) is 10. The molecule has 2 atom stereocenters. The lowest BCUT2D eigenvalue weighted by molar-refractivity contribution is -0.143. The summed E-state index contributed by atoms with van der Waals surface area (Å²) in [5, 5.41) is 16.7. The Hall–Kier alpha value is -4.57. The number of halogens is 1. The predicted molar refractivity (Wildman–Crippen MR) is 192 cm³/mol. The minimum absolute atomic E-state index is 0.0134. The van der Waals surface area contributed by atoms with E-state index in [9.17, 15) is 27.9 Å². The molecule has 0 spiro atoms. The van der Waals surface area contributed by atoms with E-state index in [4.69, 9.17) is 25.8 Å². The van der Waals surface area contributed by atoms with Gasteiger partial charge >= 0.3 is 0 Å². The molecule has 15 heteroatoms. The number of nitrogens with zero attached hydrogens (tertiary/aromatic N) is 2. The van der Waals surface area contributed by atoms with Crippen LogP contribution in [0.2, 0.25) is 5.02 Å². The number of aliphatic hydroxyl groups excluding tert-OH is 1. The SMILES string of the molecule is COc1ccc(S(=O)(=O)N(CCO)CCOC2CC(c3ccsc3)C=C(C(=O)Nc3ccc(N4C(=O)c5ccc(Cl)cc5C4=O)c(C)c3)O2)cc1. The number of ether oxygens (including phenoxy) is 3. The van der Waals surface area contributed by atoms with Gasteiger partial charge in [-0.1, -0.05) is 11.6 Å². The van der Waals surface area contributed by atoms with Gasteiger partial charge in [0.25, 0.3) is 17.7 Å². The van der Waals surface area contributed by atoms with Gasteiger partial charge in [-0.15, -0.1) is 0 Å². The number of nitrogens with one attached hydrogen (secondary N) is 1. The second-order valence-corrected chi connectivity index (χ2v) is 14.9. The molecule has 0 saturated carbocycles. The zero-order chi connectivity index (χ0) is 36.3. The monoisotopic (exact) mass is 751 g/mol. The number of amides is 3. The van der Waals surface area contributed by atoms with Crippen molar-refractivity contribution in [1.82, 2.24) is 4.31 Å². The van der Waals surface area contributed by atoms with Crippen LogP contribution in [0.1, 0.15) is 44.2 Å². The first-order valence-corrected chi connectivity index (χ1v) is 18.6. The average Bonchev–Trinajstić information content (AvgIpc) is 3.75. The minimum Gasteiger partial charge on any atom is -0.497 e. The molecule has 3 aromatic carbocycles. The number of methoxy groups -OCH3 is 1. The van der Waals surface area contributed by atoms with Crippen LogP contribution in [0.4, 0.5) is 11.4 Å². The number of imide groups is 1. The number of thiophene rings is 1. The first-order valence-electron chi connectivity index (χ1n) is 15.9. The number of aliphatic hydroxyl groups is 1. The van der Waals surface area contributed by atoms with E-state index in [1.165, 1.54) is 42.7 Å². The number of anilines is 2. The number of benzene rings is 3. The smallest absolute Gasteiger partial charge is 0.290 e. The Bertz CT molecular complexity index is 2090. The Labute approximate surface area is 303 Å². The van der Waals surface area contributed by atoms with E-state index in [2.05, 4.69) is 5.32 Å². The number of sulfonamides is 1. The number of allylic oxidation sites excluding steroid dienone is 1. The number of carbonyl (C=O) groups excluding carboxylic acids is 3. The molecule has 1 aromatic heterocycles. The summed E-state index contributed by atoms with van der Waals surface area (Å²) in [4.78, 5) is 40.9. The molecule has 4 aromatic rings. The second-order valence-electron chi connectivity index (χ2n) is 11.7. The van der Waals surface area contributed by atoms with Gasteiger partial charge in [-0.3, -0.25) is 14.4 Å². The molecule has 2 aliphatic heterocycles. The van der Waals surface area contributed by atoms with Crippen molar-refractivity contribution >= 4 is 62.1 Å². The van der Waals surface area contributed by atoms with Gasteiger partial charge < -0.3 is 24.6 Å². The molecule has 266 valence electrons. The quantitative estimate of drug-likeness (QED) is 0.167. The molecule has 12 nitrogen and oxygen atoms in total. The highest BCUT2D eigenvalue weighted by Gasteiger charge is 2.37. The molecular formula is C36H34ClN3O9S2. The summed E-state index contributed by atoms with van der Waals surface area (Å²) in [5.41, 5.74) is 2.81. The molecule has 2 N–H and O–H groups in total. The molecule has 6 rings (SSSR count). The molecule has 0 saturated heterocycles. The molecule has 51 heavy (non-hydrogen) atoms. The number of fused-ring (bicyclic) bond motifs is 1. The molecule has 2 unspecified atom stereocenters. The molecule has 0 bridgehead atoms. The molecule has 0 fully saturated rings. The van der Waals surface area contributed by atoms with Crippen LogP contribution in [-0.4, -0.2) is 75.3 Å². The van der Waals surface area contributed by atoms with Gasteiger partial charge in [-0.05, 0) is 102 Å². The summed E-state index contributed by atoms with van der Waals surface area (Å²) in [6.45, 7) is 1.04. The van der Waals surface area contributed by atoms with Crippen molar-refractivity contribution in [3.05, 3.63) is 117 Å². The Morgan fingerprint density at radius 3 is 2.51 bits per heavy atom. The fraction of sp³-hybridized carbons (Fsp3) is 0.250. The first kappa shape index (κ1) is 36.2. The van der Waals surface area contributed by atoms with Gasteiger partial charge in [-0.25, -0.2) is 13.3 Å². The van der Waals surface area contributed by atoms with Crippen molar-refractivity contribution in [2.75, 3.05) is 43.6 Å². The Kier molecular flexibility index (Phi) is 10.9. The van der Waals surface area contributed by atoms with Gasteiger partial charge in [-0.2, -0.15) is 15.6 Å². The van der Waals surface area contributed by atoms with E-state index < -0.39 is 40.6 Å². The molecule has 0 radical (unpaired) electrons. The number of carbonyl (C=O) groups is 3. The van der Waals surface area contributed by atoms with Crippen molar-refractivity contribution in [3.63, 3.8) is 0 Å². The highest BCUT2D eigenvalue weighted by Crippen LogP contribution is 2.35. The van der Waals surface area contributed by atoms with Crippen LogP contribution in [-0.2, 0) is 24.3 Å². The van der Waals surface area contributed by atoms with Crippen LogP contribution in [0, 0.1) is 6.92 Å². The fourth-order valence-electron chi connectivity index (χ4n) is 5.89. The van der Waals surface area contributed by atoms with E-state index >= 15 is 0 Å². The van der Waals surface area contributed by atoms with Gasteiger partial charge in [0.15, 0.2) is 5.76 Å². The van der Waals surface area contributed by atoms with Crippen LogP contribution in [0.3, 0.4) is 0 Å². The van der Waals surface area contributed by atoms with Crippen LogP contribution >= 0.6 is 22.9 Å². The summed E-state index contributed by atoms with van der Waals surface area (Å²) in [7, 11) is -2.47. The molecule has 2 aliphatic rings. The van der Waals surface area contributed by atoms with Crippen LogP contribution in [0.15, 0.2) is 94.2 Å². The highest BCUT2D eigenvalue weighted by molar-refractivity contribution is 7.89. The fourth-order valence-corrected chi connectivity index (χ4v) is 8.20. The molecule has 0 aliphatic carbocycles. The lowest BCUT2D eigenvalue weighted by Gasteiger charge is -2.30. The Morgan fingerprint density at radius 1 is 1.06 bits per heavy atom. The maximum atomic E-state index is 13.6. The van der Waals surface area contributed by atoms with Crippen molar-refractivity contribution in [2.45, 2.75) is 30.4 Å². The summed E-state index contributed by atoms with van der Waals surface area (Å²) in [5.74, 6) is -1.20. The topological polar surface area (TPSA) is 152 Å². The maximum Gasteiger partial charge on any atom is 0.290 e. The molecular weight excluding hydrogens is 718 g/mol. The van der Waals surface area contributed by atoms with E-state index in [1.807, 2.05) is 16.8 Å². The van der Waals surface area contributed by atoms with E-state index in [-0.39, 0.29) is 47.4 Å². The van der Waals surface area contributed by atoms with Crippen molar-refractivity contribution in [3.8, 4) is 5.75 Å². The molecule has 3 heterocycles. The van der Waals surface area contributed by atoms with Gasteiger partial charge in [0.1, 0.15) is 5.75 Å². The van der Waals surface area contributed by atoms with Crippen molar-refractivity contribution in [1.29, 1.82) is 0 Å². The summed E-state index contributed by atoms with van der Waals surface area (Å²) in [6.07, 6.45) is 1.21. The van der Waals surface area contributed by atoms with Crippen LogP contribution in [0.5, 0.6) is 5.75 Å². The Morgan fingerprint density at radius 2 is 1.82 bits per heavy atom. The van der Waals surface area contributed by atoms with Crippen LogP contribution < -0.4 is 15.0 Å². The summed E-state index contributed by atoms with van der Waals surface area (Å²) in [6, 6.07) is 17.3. The zero-order valence-electron chi connectivity index (χ0n) is 27.6. The second kappa shape index (κ2) is 15.4. The third-order valence-electron chi connectivity index (χ3n) is 8.49. The third-order valence-corrected chi connectivity index (χ3v) is 11.3. The van der Waals surface area contributed by atoms with Gasteiger partial charge in [0.05, 0.1) is 42.0 Å². The zero-order valence-corrected chi connectivity index (χ0v) is 30.0. The standard InChI is InChI=1S/C36H34ClN3O9S2/c1-22-17-26(4-10-31(22)40-35(43)29-9-3-25(37)20-30(29)36(40)44)38-34(42)32-18-24(23-11-16-50-21-23)19-33(49-32)48-15-13-39(12-14-41)51(45,46)28-7-5-27(47-2)6-8-28/h3-11,16-18,20-21,24,33,41H,12-15,19H2,1-2H3,(H,38,42). The van der Waals surface area contributed by atoms with Crippen LogP contribution in [0.25, 0.3) is 0 Å². The lowest BCUT2D eigenvalue weighted by atomic mass is 9.95. The lowest BCUT2D eigenvalue weighted by Crippen LogP contribution is -2.37. The highest BCUT2D eigenvalue weighted by atomic mass is 35.5. The summed E-state index contributed by atoms with van der Waals surface area (Å²) < 4.78 is 44.9. The van der Waals surface area contributed by atoms with Gasteiger partial charge in [0.2, 0.25) is 16.3 Å². The average molecular weight is 752 g/mol. The maximum absolute atomic E-state index is 13.6. The number of rotatable bonds is 13. The normalized spacial score (nSPS) is 17.3. The first-order chi connectivity index (χ1) is 24.5. The predicted octanol–water partition coefficient (Wildman–Crippen LogP) is 5.57. The van der Waals surface area contributed by atoms with E-state index in [0.717, 1.165) is 14.8 Å².